The zero-order valence-corrected chi connectivity index (χ0v) is 16.0. The molecule has 0 aromatic rings. The van der Waals surface area contributed by atoms with E-state index in [1.54, 1.807) is 0 Å². The van der Waals surface area contributed by atoms with Gasteiger partial charge in [0, 0.05) is 31.8 Å². The van der Waals surface area contributed by atoms with Crippen molar-refractivity contribution in [3.05, 3.63) is 0 Å². The van der Waals surface area contributed by atoms with Crippen LogP contribution in [0.15, 0.2) is 0 Å². The molecule has 1 aliphatic carbocycles. The summed E-state index contributed by atoms with van der Waals surface area (Å²) in [4.78, 5) is 11.9. The van der Waals surface area contributed by atoms with Gasteiger partial charge in [-0.1, -0.05) is 0 Å². The Kier molecular flexibility index (Phi) is 8.96. The summed E-state index contributed by atoms with van der Waals surface area (Å²) in [6.45, 7) is 0.00952. The van der Waals surface area contributed by atoms with Crippen molar-refractivity contribution in [1.82, 2.24) is 5.32 Å². The number of carbonyl (C=O) groups excluding carboxylic acids is 1. The number of aliphatic hydroxyl groups is 4. The molecule has 2 aliphatic rings. The maximum absolute atomic E-state index is 11.9. The average molecular weight is 423 g/mol. The fourth-order valence-corrected chi connectivity index (χ4v) is 3.47. The molecular formula is C16H33N5O8. The molecule has 1 saturated heterocycles. The third-order valence-corrected chi connectivity index (χ3v) is 5.18. The topological polar surface area (TPSA) is 242 Å². The van der Waals surface area contributed by atoms with Crippen LogP contribution >= 0.6 is 0 Å². The van der Waals surface area contributed by atoms with E-state index in [0.717, 1.165) is 0 Å². The van der Waals surface area contributed by atoms with Crippen LogP contribution in [-0.2, 0) is 14.2 Å². The lowest BCUT2D eigenvalue weighted by atomic mass is 9.84. The number of hydrogen-bond acceptors (Lipinski definition) is 12. The summed E-state index contributed by atoms with van der Waals surface area (Å²) >= 11 is 0. The first-order chi connectivity index (χ1) is 13.7. The van der Waals surface area contributed by atoms with Crippen molar-refractivity contribution < 1.29 is 39.4 Å². The minimum absolute atomic E-state index is 0.0886. The molecule has 2 fully saturated rings. The molecule has 1 saturated carbocycles. The Morgan fingerprint density at radius 2 is 1.72 bits per heavy atom. The van der Waals surface area contributed by atoms with Crippen LogP contribution in [0.5, 0.6) is 0 Å². The smallest absolute Gasteiger partial charge is 0.407 e. The molecule has 0 bridgehead atoms. The van der Waals surface area contributed by atoms with Crippen molar-refractivity contribution >= 4 is 6.09 Å². The summed E-state index contributed by atoms with van der Waals surface area (Å²) in [6.07, 6.45) is -8.64. The number of nitrogens with one attached hydrogen (secondary N) is 1. The number of aliphatic hydroxyl groups excluding tert-OH is 4. The van der Waals surface area contributed by atoms with Gasteiger partial charge in [0.1, 0.15) is 36.6 Å². The predicted molar refractivity (Wildman–Crippen MR) is 99.1 cm³/mol. The van der Waals surface area contributed by atoms with Crippen LogP contribution in [0.2, 0.25) is 0 Å². The van der Waals surface area contributed by atoms with E-state index in [2.05, 4.69) is 5.32 Å². The standard InChI is InChI=1S/C16H33N5O8/c17-5-8-10(23)11(24)9(20)15(27-8)28-13-6(18)4-7(19)14(12(13)25)29-16(26)21-2-1-3-22/h6-15,22-25H,1-5,17-20H2,(H,21,26)/t6-,7-,8+,9+,10+,11+,12-,13+,14-,15+/m0/s1. The lowest BCUT2D eigenvalue weighted by Gasteiger charge is -2.46. The molecule has 1 amide bonds. The average Bonchev–Trinajstić information content (AvgIpc) is 2.68. The molecular weight excluding hydrogens is 390 g/mol. The summed E-state index contributed by atoms with van der Waals surface area (Å²) in [7, 11) is 0. The van der Waals surface area contributed by atoms with Crippen LogP contribution in [-0.4, -0.2) is 107 Å². The fourth-order valence-electron chi connectivity index (χ4n) is 3.47. The number of ether oxygens (including phenoxy) is 3. The van der Waals surface area contributed by atoms with Crippen molar-refractivity contribution in [2.24, 2.45) is 22.9 Å². The summed E-state index contributed by atoms with van der Waals surface area (Å²) in [5, 5.41) is 41.9. The second-order valence-electron chi connectivity index (χ2n) is 7.37. The molecule has 13 heteroatoms. The number of hydrogen-bond donors (Lipinski definition) is 9. The van der Waals surface area contributed by atoms with E-state index >= 15 is 0 Å². The van der Waals surface area contributed by atoms with Crippen molar-refractivity contribution in [1.29, 1.82) is 0 Å². The molecule has 10 atom stereocenters. The van der Waals surface area contributed by atoms with Gasteiger partial charge >= 0.3 is 6.09 Å². The van der Waals surface area contributed by atoms with Crippen molar-refractivity contribution in [2.75, 3.05) is 19.7 Å². The van der Waals surface area contributed by atoms with Crippen LogP contribution in [0.25, 0.3) is 0 Å². The van der Waals surface area contributed by atoms with E-state index in [4.69, 9.17) is 42.3 Å². The fraction of sp³-hybridized carbons (Fsp3) is 0.938. The zero-order valence-electron chi connectivity index (χ0n) is 16.0. The minimum Gasteiger partial charge on any atom is -0.442 e. The highest BCUT2D eigenvalue weighted by Crippen LogP contribution is 2.28. The Morgan fingerprint density at radius 1 is 1.07 bits per heavy atom. The van der Waals surface area contributed by atoms with Crippen molar-refractivity contribution in [3.8, 4) is 0 Å². The number of carbonyl (C=O) groups is 1. The third-order valence-electron chi connectivity index (χ3n) is 5.18. The third kappa shape index (κ3) is 5.73. The quantitative estimate of drug-likeness (QED) is 0.175. The normalized spacial score (nSPS) is 43.0. The van der Waals surface area contributed by atoms with E-state index in [0.29, 0.717) is 6.42 Å². The second-order valence-corrected chi connectivity index (χ2v) is 7.37. The number of rotatable bonds is 7. The van der Waals surface area contributed by atoms with Gasteiger partial charge < -0.3 is 62.9 Å². The molecule has 0 aromatic carbocycles. The summed E-state index contributed by atoms with van der Waals surface area (Å²) in [6, 6.07) is -2.59. The molecule has 13 N–H and O–H groups in total. The summed E-state index contributed by atoms with van der Waals surface area (Å²) < 4.78 is 16.5. The first-order valence-electron chi connectivity index (χ1n) is 9.58. The molecule has 170 valence electrons. The molecule has 0 aromatic heterocycles. The van der Waals surface area contributed by atoms with Gasteiger partial charge in [-0.25, -0.2) is 4.79 Å². The van der Waals surface area contributed by atoms with Crippen molar-refractivity contribution in [2.45, 2.75) is 73.9 Å². The minimum atomic E-state index is -1.39. The monoisotopic (exact) mass is 423 g/mol. The highest BCUT2D eigenvalue weighted by molar-refractivity contribution is 5.67. The SMILES string of the molecule is NC[C@H]1O[C@H](O[C@H]2[C@H](O)[C@@H](OC(=O)NCCCO)[C@@H](N)C[C@@H]2N)[C@H](N)[C@@H](O)[C@@H]1O. The van der Waals surface area contributed by atoms with E-state index < -0.39 is 67.1 Å². The van der Waals surface area contributed by atoms with E-state index in [9.17, 15) is 20.1 Å². The molecule has 2 rings (SSSR count). The molecule has 13 nitrogen and oxygen atoms in total. The molecule has 0 radical (unpaired) electrons. The number of nitrogens with two attached hydrogens (primary N) is 4. The van der Waals surface area contributed by atoms with E-state index in [1.165, 1.54) is 0 Å². The Bertz CT molecular complexity index is 530. The Morgan fingerprint density at radius 3 is 2.34 bits per heavy atom. The number of alkyl carbamates (subject to hydrolysis) is 1. The first-order valence-corrected chi connectivity index (χ1v) is 9.58. The van der Waals surface area contributed by atoms with Crippen LogP contribution in [0.3, 0.4) is 0 Å². The summed E-state index contributed by atoms with van der Waals surface area (Å²) in [5.41, 5.74) is 23.5. The predicted octanol–water partition coefficient (Wildman–Crippen LogP) is -5.00. The maximum atomic E-state index is 11.9. The Balaban J connectivity index is 2.04. The van der Waals surface area contributed by atoms with Crippen LogP contribution < -0.4 is 28.3 Å². The van der Waals surface area contributed by atoms with Gasteiger partial charge in [-0.3, -0.25) is 0 Å². The van der Waals surface area contributed by atoms with E-state index in [1.807, 2.05) is 0 Å². The van der Waals surface area contributed by atoms with Gasteiger partial charge in [0.05, 0.1) is 6.04 Å². The highest BCUT2D eigenvalue weighted by Gasteiger charge is 2.49. The van der Waals surface area contributed by atoms with Crippen LogP contribution in [0.4, 0.5) is 4.79 Å². The number of amides is 1. The summed E-state index contributed by atoms with van der Waals surface area (Å²) in [5.74, 6) is 0. The Labute approximate surface area is 168 Å². The molecule has 29 heavy (non-hydrogen) atoms. The van der Waals surface area contributed by atoms with Crippen LogP contribution in [0, 0.1) is 0 Å². The van der Waals surface area contributed by atoms with Gasteiger partial charge in [-0.15, -0.1) is 0 Å². The molecule has 1 aliphatic heterocycles. The largest absolute Gasteiger partial charge is 0.442 e. The molecule has 0 unspecified atom stereocenters. The maximum Gasteiger partial charge on any atom is 0.407 e. The molecule has 0 spiro atoms. The first kappa shape index (κ1) is 24.1. The molecule has 1 heterocycles. The van der Waals surface area contributed by atoms with Gasteiger partial charge in [0.2, 0.25) is 0 Å². The van der Waals surface area contributed by atoms with Gasteiger partial charge in [0.25, 0.3) is 0 Å². The van der Waals surface area contributed by atoms with Gasteiger partial charge in [-0.05, 0) is 12.8 Å². The lowest BCUT2D eigenvalue weighted by molar-refractivity contribution is -0.287. The zero-order chi connectivity index (χ0) is 21.7. The van der Waals surface area contributed by atoms with Gasteiger partial charge in [0.15, 0.2) is 6.29 Å². The highest BCUT2D eigenvalue weighted by atomic mass is 16.7. The van der Waals surface area contributed by atoms with Crippen molar-refractivity contribution in [3.63, 3.8) is 0 Å². The van der Waals surface area contributed by atoms with E-state index in [-0.39, 0.29) is 26.1 Å². The lowest BCUT2D eigenvalue weighted by Crippen LogP contribution is -2.68. The van der Waals surface area contributed by atoms with Gasteiger partial charge in [-0.2, -0.15) is 0 Å². The second kappa shape index (κ2) is 10.8. The Hall–Kier alpha value is -1.13. The van der Waals surface area contributed by atoms with Crippen LogP contribution in [0.1, 0.15) is 12.8 Å².